The molecule has 45 heavy (non-hydrogen) atoms. The first-order valence-corrected chi connectivity index (χ1v) is 16.7. The maximum absolute atomic E-state index is 17.0. The highest BCUT2D eigenvalue weighted by Crippen LogP contribution is 2.44. The molecule has 6 rings (SSSR count). The minimum absolute atomic E-state index is 0.0616. The van der Waals surface area contributed by atoms with Gasteiger partial charge in [-0.2, -0.15) is 0 Å². The molecule has 1 aliphatic heterocycles. The van der Waals surface area contributed by atoms with Crippen LogP contribution in [-0.4, -0.2) is 87.3 Å². The molecule has 0 unspecified atom stereocenters. The van der Waals surface area contributed by atoms with Crippen LogP contribution < -0.4 is 14.4 Å². The van der Waals surface area contributed by atoms with Crippen molar-refractivity contribution in [2.45, 2.75) is 50.2 Å². The number of aromatic nitrogens is 3. The second-order valence-corrected chi connectivity index (χ2v) is 13.9. The van der Waals surface area contributed by atoms with Crippen molar-refractivity contribution >= 4 is 37.3 Å². The Hall–Kier alpha value is -3.68. The summed E-state index contributed by atoms with van der Waals surface area (Å²) in [7, 11) is 1.61. The van der Waals surface area contributed by atoms with E-state index in [9.17, 15) is 8.42 Å². The lowest BCUT2D eigenvalue weighted by Gasteiger charge is -2.49. The van der Waals surface area contributed by atoms with E-state index in [0.29, 0.717) is 41.6 Å². The van der Waals surface area contributed by atoms with Crippen LogP contribution in [0, 0.1) is 11.6 Å². The molecule has 2 aromatic carbocycles. The number of hydrogen-bond donors (Lipinski definition) is 0. The molecule has 0 N–H and O–H groups in total. The van der Waals surface area contributed by atoms with Gasteiger partial charge in [-0.1, -0.05) is 19.9 Å². The summed E-state index contributed by atoms with van der Waals surface area (Å²) in [5.41, 5.74) is 0.118. The third-order valence-corrected chi connectivity index (χ3v) is 10.6. The molecule has 0 saturated heterocycles. The van der Waals surface area contributed by atoms with Gasteiger partial charge in [0.15, 0.2) is 12.6 Å². The van der Waals surface area contributed by atoms with Crippen molar-refractivity contribution in [3.63, 3.8) is 0 Å². The molecular weight excluding hydrogens is 604 g/mol. The molecule has 1 aliphatic carbocycles. The first-order chi connectivity index (χ1) is 21.5. The van der Waals surface area contributed by atoms with Gasteiger partial charge in [-0.05, 0) is 74.3 Å². The molecule has 4 aromatic rings. The summed E-state index contributed by atoms with van der Waals surface area (Å²) in [6, 6.07) is 6.27. The number of likely N-dealkylation sites (N-methyl/N-ethyl adjacent to an activating group) is 1. The van der Waals surface area contributed by atoms with Crippen molar-refractivity contribution in [3.05, 3.63) is 41.5 Å². The van der Waals surface area contributed by atoms with Gasteiger partial charge in [0.05, 0.1) is 12.3 Å². The fraction of sp³-hybridized carbons (Fsp3) is 0.469. The van der Waals surface area contributed by atoms with Crippen molar-refractivity contribution in [2.75, 3.05) is 58.3 Å². The quantitative estimate of drug-likeness (QED) is 0.171. The maximum atomic E-state index is 17.0. The summed E-state index contributed by atoms with van der Waals surface area (Å²) in [4.78, 5) is 17.7. The summed E-state index contributed by atoms with van der Waals surface area (Å²) in [5, 5.41) is 0.818. The average Bonchev–Trinajstić information content (AvgIpc) is 3.18. The fourth-order valence-electron chi connectivity index (χ4n) is 6.31. The molecule has 3 heterocycles. The second kappa shape index (κ2) is 11.9. The smallest absolute Gasteiger partial charge is 0.249 e. The van der Waals surface area contributed by atoms with E-state index in [0.717, 1.165) is 19.3 Å². The first kappa shape index (κ1) is 31.3. The predicted octanol–water partition coefficient (Wildman–Crippen LogP) is 5.15. The number of rotatable bonds is 10. The Labute approximate surface area is 261 Å². The third kappa shape index (κ3) is 5.34. The lowest BCUT2D eigenvalue weighted by atomic mass is 9.75. The summed E-state index contributed by atoms with van der Waals surface area (Å²) < 4.78 is 75.5. The zero-order chi connectivity index (χ0) is 32.1. The zero-order valence-electron chi connectivity index (χ0n) is 26.1. The molecule has 10 nitrogen and oxygen atoms in total. The van der Waals surface area contributed by atoms with Gasteiger partial charge in [0.2, 0.25) is 20.9 Å². The first-order valence-electron chi connectivity index (χ1n) is 15.1. The average molecular weight is 642 g/mol. The SMILES string of the molecule is CCc1c(F)ccc2cc(OCOC)cc(-c3nc4c5c(nc(S(=O)(=O)CC)nc5c3F)N(CC3(N(C)C)CCC3)CCO4)c12. The number of hydrogen-bond acceptors (Lipinski definition) is 10. The highest BCUT2D eigenvalue weighted by atomic mass is 32.2. The summed E-state index contributed by atoms with van der Waals surface area (Å²) in [5.74, 6) is -0.844. The predicted molar refractivity (Wildman–Crippen MR) is 168 cm³/mol. The summed E-state index contributed by atoms with van der Waals surface area (Å²) >= 11 is 0. The van der Waals surface area contributed by atoms with Crippen molar-refractivity contribution in [1.82, 2.24) is 19.9 Å². The van der Waals surface area contributed by atoms with Gasteiger partial charge in [0.1, 0.15) is 40.6 Å². The Morgan fingerprint density at radius 1 is 1.09 bits per heavy atom. The topological polar surface area (TPSA) is 107 Å². The van der Waals surface area contributed by atoms with Gasteiger partial charge < -0.3 is 24.0 Å². The third-order valence-electron chi connectivity index (χ3n) is 9.08. The molecule has 0 atom stereocenters. The van der Waals surface area contributed by atoms with Gasteiger partial charge in [0, 0.05) is 24.8 Å². The number of fused-ring (bicyclic) bond motifs is 1. The lowest BCUT2D eigenvalue weighted by molar-refractivity contribution is 0.0512. The highest BCUT2D eigenvalue weighted by molar-refractivity contribution is 7.91. The Morgan fingerprint density at radius 3 is 2.51 bits per heavy atom. The number of nitrogens with zero attached hydrogens (tertiary/aromatic N) is 5. The van der Waals surface area contributed by atoms with Gasteiger partial charge in [0.25, 0.3) is 0 Å². The molecule has 240 valence electrons. The van der Waals surface area contributed by atoms with E-state index in [1.807, 2.05) is 25.9 Å². The van der Waals surface area contributed by atoms with Gasteiger partial charge in [-0.3, -0.25) is 0 Å². The van der Waals surface area contributed by atoms with Crippen LogP contribution in [0.1, 0.15) is 38.7 Å². The van der Waals surface area contributed by atoms with E-state index in [1.165, 1.54) is 20.1 Å². The zero-order valence-corrected chi connectivity index (χ0v) is 26.9. The van der Waals surface area contributed by atoms with E-state index < -0.39 is 26.6 Å². The minimum atomic E-state index is -3.93. The summed E-state index contributed by atoms with van der Waals surface area (Å²) in [6.07, 6.45) is 3.35. The molecule has 0 amide bonds. The second-order valence-electron chi connectivity index (χ2n) is 11.8. The molecular formula is C32H37F2N5O5S. The van der Waals surface area contributed by atoms with E-state index in [4.69, 9.17) is 14.2 Å². The van der Waals surface area contributed by atoms with Crippen LogP contribution in [0.3, 0.4) is 0 Å². The molecule has 0 bridgehead atoms. The van der Waals surface area contributed by atoms with Crippen LogP contribution in [0.4, 0.5) is 14.6 Å². The van der Waals surface area contributed by atoms with Crippen LogP contribution in [0.15, 0.2) is 29.4 Å². The lowest BCUT2D eigenvalue weighted by Crippen LogP contribution is -2.57. The molecule has 0 spiro atoms. The number of pyridine rings is 1. The van der Waals surface area contributed by atoms with Gasteiger partial charge in [-0.15, -0.1) is 0 Å². The molecule has 2 aliphatic rings. The Balaban J connectivity index is 1.66. The number of anilines is 1. The molecule has 2 aromatic heterocycles. The number of benzene rings is 2. The molecule has 1 fully saturated rings. The number of aryl methyl sites for hydroxylation is 1. The van der Waals surface area contributed by atoms with Crippen LogP contribution in [0.25, 0.3) is 32.9 Å². The van der Waals surface area contributed by atoms with Gasteiger partial charge >= 0.3 is 0 Å². The van der Waals surface area contributed by atoms with Crippen LogP contribution in [-0.2, 0) is 21.0 Å². The van der Waals surface area contributed by atoms with Crippen molar-refractivity contribution in [2.24, 2.45) is 0 Å². The van der Waals surface area contributed by atoms with E-state index in [2.05, 4.69) is 19.9 Å². The number of methoxy groups -OCH3 is 1. The van der Waals surface area contributed by atoms with Crippen molar-refractivity contribution in [1.29, 1.82) is 0 Å². The Morgan fingerprint density at radius 2 is 1.87 bits per heavy atom. The van der Waals surface area contributed by atoms with E-state index >= 15 is 8.78 Å². The minimum Gasteiger partial charge on any atom is -0.475 e. The van der Waals surface area contributed by atoms with Crippen molar-refractivity contribution in [3.8, 4) is 22.9 Å². The number of ether oxygens (including phenoxy) is 3. The van der Waals surface area contributed by atoms with Gasteiger partial charge in [-0.25, -0.2) is 32.2 Å². The molecule has 13 heteroatoms. The van der Waals surface area contributed by atoms with Crippen molar-refractivity contribution < 1.29 is 31.4 Å². The van der Waals surface area contributed by atoms with E-state index in [1.54, 1.807) is 18.2 Å². The highest BCUT2D eigenvalue weighted by Gasteiger charge is 2.42. The monoisotopic (exact) mass is 641 g/mol. The van der Waals surface area contributed by atoms with Crippen LogP contribution in [0.2, 0.25) is 0 Å². The standard InChI is InChI=1S/C32H37F2N5O5S/c1-6-21-23(33)10-9-19-15-20(44-18-42-5)16-22(24(19)21)27-26(34)28-25-29(37-31(36-28)45(40,41)7-2)39(13-14-43-30(25)35-27)17-32(38(3)4)11-8-12-32/h9-10,15-16H,6-8,11-14,17-18H2,1-5H3. The summed E-state index contributed by atoms with van der Waals surface area (Å²) in [6.45, 7) is 4.39. The van der Waals surface area contributed by atoms with Crippen LogP contribution >= 0.6 is 0 Å². The normalized spacial score (nSPS) is 16.1. The Bertz CT molecular complexity index is 1900. The molecule has 0 radical (unpaired) electrons. The molecule has 1 saturated carbocycles. The van der Waals surface area contributed by atoms with Crippen LogP contribution in [0.5, 0.6) is 11.6 Å². The maximum Gasteiger partial charge on any atom is 0.249 e. The Kier molecular flexibility index (Phi) is 8.29. The van der Waals surface area contributed by atoms with E-state index in [-0.39, 0.29) is 58.5 Å². The fourth-order valence-corrected chi connectivity index (χ4v) is 7.03. The largest absolute Gasteiger partial charge is 0.475 e. The number of halogens is 2. The number of sulfone groups is 1.